The molecule has 190 valence electrons. The summed E-state index contributed by atoms with van der Waals surface area (Å²) in [4.78, 5) is 16.6. The maximum absolute atomic E-state index is 13.0. The summed E-state index contributed by atoms with van der Waals surface area (Å²) in [5.41, 5.74) is 4.56. The lowest BCUT2D eigenvalue weighted by atomic mass is 10.0. The molecule has 0 radical (unpaired) electrons. The van der Waals surface area contributed by atoms with Gasteiger partial charge in [-0.3, -0.25) is 4.79 Å². The van der Waals surface area contributed by atoms with Gasteiger partial charge in [0.05, 0.1) is 14.2 Å². The fourth-order valence-electron chi connectivity index (χ4n) is 4.57. The van der Waals surface area contributed by atoms with Gasteiger partial charge in [-0.25, -0.2) is 0 Å². The van der Waals surface area contributed by atoms with Crippen LogP contribution in [0.5, 0.6) is 11.5 Å². The van der Waals surface area contributed by atoms with Crippen molar-refractivity contribution in [1.29, 1.82) is 0 Å². The molecule has 4 heteroatoms. The highest BCUT2D eigenvalue weighted by Gasteiger charge is 2.18. The predicted octanol–water partition coefficient (Wildman–Crippen LogP) is 8.39. The van der Waals surface area contributed by atoms with Crippen molar-refractivity contribution in [1.82, 2.24) is 0 Å². The first-order chi connectivity index (χ1) is 18.6. The Bertz CT molecular complexity index is 1540. The van der Waals surface area contributed by atoms with Crippen molar-refractivity contribution in [3.63, 3.8) is 0 Å². The predicted molar refractivity (Wildman–Crippen MR) is 156 cm³/mol. The second kappa shape index (κ2) is 11.4. The van der Waals surface area contributed by atoms with E-state index in [9.17, 15) is 4.79 Å². The summed E-state index contributed by atoms with van der Waals surface area (Å²) < 4.78 is 11.4. The van der Waals surface area contributed by atoms with Crippen LogP contribution in [0.2, 0.25) is 0 Å². The van der Waals surface area contributed by atoms with E-state index >= 15 is 0 Å². The molecule has 0 aliphatic heterocycles. The molecule has 3 nitrogen and oxygen atoms in total. The van der Waals surface area contributed by atoms with Gasteiger partial charge < -0.3 is 9.47 Å². The van der Waals surface area contributed by atoms with Crippen LogP contribution in [-0.2, 0) is 0 Å². The zero-order valence-corrected chi connectivity index (χ0v) is 22.6. The van der Waals surface area contributed by atoms with Gasteiger partial charge in [0.15, 0.2) is 5.78 Å². The Morgan fingerprint density at radius 2 is 1.08 bits per heavy atom. The van der Waals surface area contributed by atoms with E-state index in [1.165, 1.54) is 20.2 Å². The smallest absolute Gasteiger partial charge is 0.193 e. The van der Waals surface area contributed by atoms with Crippen molar-refractivity contribution < 1.29 is 14.3 Å². The number of ketones is 1. The third-order valence-corrected chi connectivity index (χ3v) is 8.98. The van der Waals surface area contributed by atoms with Gasteiger partial charge in [-0.15, -0.1) is 0 Å². The number of methoxy groups -OCH3 is 2. The quantitative estimate of drug-likeness (QED) is 0.165. The molecule has 0 saturated carbocycles. The van der Waals surface area contributed by atoms with Gasteiger partial charge in [0.2, 0.25) is 0 Å². The third kappa shape index (κ3) is 5.22. The summed E-state index contributed by atoms with van der Waals surface area (Å²) in [6.07, 6.45) is 0. The topological polar surface area (TPSA) is 35.5 Å². The zero-order valence-electron chi connectivity index (χ0n) is 21.7. The molecule has 0 bridgehead atoms. The number of para-hydroxylation sites is 1. The van der Waals surface area contributed by atoms with Gasteiger partial charge in [-0.2, -0.15) is 10.9 Å². The van der Waals surface area contributed by atoms with Gasteiger partial charge >= 0.3 is 0 Å². The van der Waals surface area contributed by atoms with E-state index < -0.39 is 10.9 Å². The lowest BCUT2D eigenvalue weighted by molar-refractivity contribution is 0.103. The van der Waals surface area contributed by atoms with Crippen molar-refractivity contribution in [2.45, 2.75) is 21.6 Å². The normalized spacial score (nSPS) is 12.0. The minimum absolute atomic E-state index is 0.0275. The largest absolute Gasteiger partial charge is 0.496 e. The molecule has 38 heavy (non-hydrogen) atoms. The van der Waals surface area contributed by atoms with Crippen LogP contribution < -0.4 is 9.47 Å². The Hall–Kier alpha value is -4.28. The van der Waals surface area contributed by atoms with Crippen LogP contribution in [0.4, 0.5) is 0 Å². The van der Waals surface area contributed by atoms with Crippen LogP contribution >= 0.6 is 10.9 Å². The van der Waals surface area contributed by atoms with Crippen molar-refractivity contribution in [3.8, 4) is 22.6 Å². The second-order valence-corrected chi connectivity index (χ2v) is 11.2. The first kappa shape index (κ1) is 25.4. The molecule has 0 aliphatic rings. The standard InChI is InChI=1S/C34H30O3S/c1-24-13-17-27(18-14-24)38(28-19-15-26(16-20-28)34(35)25-9-5-4-6-10-25)29-21-22-33(37-3)31(23-29)30-11-7-8-12-32(30)36-2/h4-23,38H,1-3H3. The molecule has 0 fully saturated rings. The number of benzene rings is 5. The van der Waals surface area contributed by atoms with E-state index in [0.29, 0.717) is 11.1 Å². The summed E-state index contributed by atoms with van der Waals surface area (Å²) in [5, 5.41) is 0. The van der Waals surface area contributed by atoms with Gasteiger partial charge in [0.25, 0.3) is 0 Å². The van der Waals surface area contributed by atoms with Gasteiger partial charge in [-0.05, 0) is 82.3 Å². The molecule has 1 unspecified atom stereocenters. The molecule has 0 spiro atoms. The Balaban J connectivity index is 1.61. The lowest BCUT2D eigenvalue weighted by Crippen LogP contribution is -2.01. The molecular weight excluding hydrogens is 488 g/mol. The number of aryl methyl sites for hydroxylation is 1. The Morgan fingerprint density at radius 3 is 1.74 bits per heavy atom. The minimum Gasteiger partial charge on any atom is -0.496 e. The summed E-state index contributed by atoms with van der Waals surface area (Å²) in [6, 6.07) is 40.6. The van der Waals surface area contributed by atoms with Crippen LogP contribution in [0, 0.1) is 6.92 Å². The number of hydrogen-bond donors (Lipinski definition) is 1. The average Bonchev–Trinajstić information content (AvgIpc) is 2.98. The molecule has 0 aliphatic carbocycles. The van der Waals surface area contributed by atoms with Crippen LogP contribution in [0.25, 0.3) is 11.1 Å². The number of ether oxygens (including phenoxy) is 2. The molecule has 1 atom stereocenters. The Morgan fingerprint density at radius 1 is 0.553 bits per heavy atom. The first-order valence-corrected chi connectivity index (χ1v) is 13.8. The molecule has 5 aromatic rings. The van der Waals surface area contributed by atoms with Crippen molar-refractivity contribution in [2.24, 2.45) is 0 Å². The zero-order chi connectivity index (χ0) is 26.5. The molecule has 0 amide bonds. The summed E-state index contributed by atoms with van der Waals surface area (Å²) in [6.45, 7) is 2.10. The molecule has 0 saturated heterocycles. The van der Waals surface area contributed by atoms with Crippen LogP contribution in [0.3, 0.4) is 0 Å². The molecule has 5 rings (SSSR count). The highest BCUT2D eigenvalue weighted by molar-refractivity contribution is 8.17. The maximum atomic E-state index is 13.0. The van der Waals surface area contributed by atoms with Crippen LogP contribution in [0.15, 0.2) is 136 Å². The van der Waals surface area contributed by atoms with Gasteiger partial charge in [-0.1, -0.05) is 66.2 Å². The molecule has 0 aromatic heterocycles. The summed E-state index contributed by atoms with van der Waals surface area (Å²) >= 11 is 0. The molecule has 0 N–H and O–H groups in total. The fraction of sp³-hybridized carbons (Fsp3) is 0.0882. The minimum atomic E-state index is -0.890. The van der Waals surface area contributed by atoms with Gasteiger partial charge in [0, 0.05) is 22.3 Å². The highest BCUT2D eigenvalue weighted by Crippen LogP contribution is 2.53. The number of thiol groups is 1. The highest BCUT2D eigenvalue weighted by atomic mass is 32.2. The van der Waals surface area contributed by atoms with Crippen molar-refractivity contribution >= 4 is 16.7 Å². The average molecular weight is 519 g/mol. The summed E-state index contributed by atoms with van der Waals surface area (Å²) in [5.74, 6) is 1.62. The van der Waals surface area contributed by atoms with Crippen molar-refractivity contribution in [2.75, 3.05) is 14.2 Å². The van der Waals surface area contributed by atoms with E-state index in [2.05, 4.69) is 61.5 Å². The van der Waals surface area contributed by atoms with E-state index in [-0.39, 0.29) is 5.78 Å². The van der Waals surface area contributed by atoms with Gasteiger partial charge in [0.1, 0.15) is 11.5 Å². The number of carbonyl (C=O) groups excluding carboxylic acids is 1. The second-order valence-electron chi connectivity index (χ2n) is 9.00. The van der Waals surface area contributed by atoms with Crippen LogP contribution in [-0.4, -0.2) is 20.0 Å². The molecule has 5 aromatic carbocycles. The van der Waals surface area contributed by atoms with Crippen molar-refractivity contribution in [3.05, 3.63) is 138 Å². The third-order valence-electron chi connectivity index (χ3n) is 6.55. The maximum Gasteiger partial charge on any atom is 0.193 e. The van der Waals surface area contributed by atoms with Crippen LogP contribution in [0.1, 0.15) is 21.5 Å². The molecule has 0 heterocycles. The fourth-order valence-corrected chi connectivity index (χ4v) is 6.84. The number of carbonyl (C=O) groups is 1. The summed E-state index contributed by atoms with van der Waals surface area (Å²) in [7, 11) is 2.49. The molecular formula is C34H30O3S. The Labute approximate surface area is 227 Å². The Kier molecular flexibility index (Phi) is 7.62. The van der Waals surface area contributed by atoms with E-state index in [0.717, 1.165) is 22.6 Å². The number of hydrogen-bond acceptors (Lipinski definition) is 3. The lowest BCUT2D eigenvalue weighted by Gasteiger charge is -2.25. The van der Waals surface area contributed by atoms with E-state index in [4.69, 9.17) is 9.47 Å². The SMILES string of the molecule is COc1ccccc1-c1cc([SH](c2ccc(C)cc2)c2ccc(C(=O)c3ccccc3)cc2)ccc1OC. The number of rotatable bonds is 8. The van der Waals surface area contributed by atoms with E-state index in [1.807, 2.05) is 66.7 Å². The monoisotopic (exact) mass is 518 g/mol. The van der Waals surface area contributed by atoms with E-state index in [1.54, 1.807) is 14.2 Å². The first-order valence-electron chi connectivity index (χ1n) is 12.5.